The Morgan fingerprint density at radius 1 is 1.20 bits per heavy atom. The lowest BCUT2D eigenvalue weighted by atomic mass is 9.84. The second-order valence-corrected chi connectivity index (χ2v) is 6.27. The van der Waals surface area contributed by atoms with Crippen molar-refractivity contribution in [2.75, 3.05) is 6.54 Å². The minimum absolute atomic E-state index is 0.0996. The molecule has 0 aliphatic heterocycles. The quantitative estimate of drug-likeness (QED) is 0.844. The van der Waals surface area contributed by atoms with E-state index in [0.717, 1.165) is 24.6 Å². The average molecular weight is 271 g/mol. The monoisotopic (exact) mass is 271 g/mol. The maximum atomic E-state index is 4.57. The first kappa shape index (κ1) is 14.8. The second-order valence-electron chi connectivity index (χ2n) is 6.27. The Morgan fingerprint density at radius 2 is 1.90 bits per heavy atom. The molecule has 0 saturated carbocycles. The molecule has 3 heteroatoms. The van der Waals surface area contributed by atoms with Crippen molar-refractivity contribution >= 4 is 0 Å². The van der Waals surface area contributed by atoms with Crippen LogP contribution in [0.25, 0.3) is 0 Å². The first-order chi connectivity index (χ1) is 9.50. The highest BCUT2D eigenvalue weighted by Gasteiger charge is 2.25. The number of rotatable bonds is 6. The van der Waals surface area contributed by atoms with Crippen LogP contribution in [0.5, 0.6) is 0 Å². The molecule has 2 N–H and O–H groups in total. The summed E-state index contributed by atoms with van der Waals surface area (Å²) in [5.74, 6) is 1.68. The van der Waals surface area contributed by atoms with Gasteiger partial charge in [-0.1, -0.05) is 44.2 Å². The van der Waals surface area contributed by atoms with Gasteiger partial charge in [0.05, 0.1) is 0 Å². The smallest absolute Gasteiger partial charge is 0.116 e. The number of hydrogen-bond acceptors (Lipinski definition) is 2. The van der Waals surface area contributed by atoms with Gasteiger partial charge in [0.25, 0.3) is 0 Å². The lowest BCUT2D eigenvalue weighted by molar-refractivity contribution is 0.546. The van der Waals surface area contributed by atoms with Crippen LogP contribution in [0.1, 0.15) is 44.8 Å². The third-order valence-corrected chi connectivity index (χ3v) is 3.58. The van der Waals surface area contributed by atoms with Crippen molar-refractivity contribution in [1.29, 1.82) is 0 Å². The zero-order valence-corrected chi connectivity index (χ0v) is 12.9. The van der Waals surface area contributed by atoms with Gasteiger partial charge in [-0.3, -0.25) is 0 Å². The number of aromatic nitrogens is 2. The van der Waals surface area contributed by atoms with E-state index in [4.69, 9.17) is 0 Å². The van der Waals surface area contributed by atoms with Crippen molar-refractivity contribution in [3.63, 3.8) is 0 Å². The molecule has 1 aromatic heterocycles. The third kappa shape index (κ3) is 3.48. The lowest BCUT2D eigenvalue weighted by Gasteiger charge is -2.22. The maximum absolute atomic E-state index is 4.57. The van der Waals surface area contributed by atoms with Crippen LogP contribution in [0, 0.1) is 5.92 Å². The molecule has 0 atom stereocenters. The van der Waals surface area contributed by atoms with Crippen LogP contribution in [0.15, 0.2) is 36.5 Å². The Hall–Kier alpha value is -1.61. The molecule has 0 saturated heterocycles. The SMILES string of the molecule is CC(C)CNCc1cnc(C(C)(C)c2ccccc2)[nH]1. The molecule has 1 aromatic carbocycles. The van der Waals surface area contributed by atoms with E-state index in [1.807, 2.05) is 12.3 Å². The molecule has 0 aliphatic carbocycles. The topological polar surface area (TPSA) is 40.7 Å². The van der Waals surface area contributed by atoms with Gasteiger partial charge in [-0.15, -0.1) is 0 Å². The molecule has 2 aromatic rings. The maximum Gasteiger partial charge on any atom is 0.116 e. The van der Waals surface area contributed by atoms with Gasteiger partial charge < -0.3 is 10.3 Å². The van der Waals surface area contributed by atoms with E-state index in [0.29, 0.717) is 5.92 Å². The summed E-state index contributed by atoms with van der Waals surface area (Å²) in [6.07, 6.45) is 1.94. The normalized spacial score (nSPS) is 12.1. The molecule has 0 radical (unpaired) electrons. The molecular formula is C17H25N3. The lowest BCUT2D eigenvalue weighted by Crippen LogP contribution is -2.21. The number of nitrogens with one attached hydrogen (secondary N) is 2. The molecule has 2 rings (SSSR count). The molecule has 0 bridgehead atoms. The zero-order valence-electron chi connectivity index (χ0n) is 12.9. The van der Waals surface area contributed by atoms with Crippen molar-refractivity contribution < 1.29 is 0 Å². The molecule has 0 fully saturated rings. The summed E-state index contributed by atoms with van der Waals surface area (Å²) in [6, 6.07) is 10.5. The van der Waals surface area contributed by atoms with Crippen LogP contribution in [0.2, 0.25) is 0 Å². The number of aromatic amines is 1. The van der Waals surface area contributed by atoms with Crippen LogP contribution in [-0.4, -0.2) is 16.5 Å². The number of benzene rings is 1. The van der Waals surface area contributed by atoms with E-state index >= 15 is 0 Å². The number of nitrogens with zero attached hydrogens (tertiary/aromatic N) is 1. The highest BCUT2D eigenvalue weighted by Crippen LogP contribution is 2.28. The van der Waals surface area contributed by atoms with Gasteiger partial charge in [-0.25, -0.2) is 4.98 Å². The number of imidazole rings is 1. The Kier molecular flexibility index (Phi) is 4.61. The van der Waals surface area contributed by atoms with Crippen molar-refractivity contribution in [2.24, 2.45) is 5.92 Å². The summed E-state index contributed by atoms with van der Waals surface area (Å²) < 4.78 is 0. The predicted molar refractivity (Wildman–Crippen MR) is 83.7 cm³/mol. The Bertz CT molecular complexity index is 526. The third-order valence-electron chi connectivity index (χ3n) is 3.58. The summed E-state index contributed by atoms with van der Waals surface area (Å²) in [5, 5.41) is 3.43. The van der Waals surface area contributed by atoms with Gasteiger partial charge in [0.15, 0.2) is 0 Å². The van der Waals surface area contributed by atoms with E-state index in [-0.39, 0.29) is 5.41 Å². The largest absolute Gasteiger partial charge is 0.344 e. The standard InChI is InChI=1S/C17H25N3/c1-13(2)10-18-11-15-12-19-16(20-15)17(3,4)14-8-6-5-7-9-14/h5-9,12-13,18H,10-11H2,1-4H3,(H,19,20). The molecule has 0 amide bonds. The molecule has 3 nitrogen and oxygen atoms in total. The van der Waals surface area contributed by atoms with E-state index in [2.05, 4.69) is 67.2 Å². The Morgan fingerprint density at radius 3 is 2.55 bits per heavy atom. The van der Waals surface area contributed by atoms with Gasteiger partial charge in [0.1, 0.15) is 5.82 Å². The molecule has 0 spiro atoms. The van der Waals surface area contributed by atoms with Crippen LogP contribution >= 0.6 is 0 Å². The molecule has 1 heterocycles. The fraction of sp³-hybridized carbons (Fsp3) is 0.471. The summed E-state index contributed by atoms with van der Waals surface area (Å²) >= 11 is 0. The summed E-state index contributed by atoms with van der Waals surface area (Å²) in [4.78, 5) is 8.02. The Balaban J connectivity index is 2.08. The molecule has 108 valence electrons. The van der Waals surface area contributed by atoms with Crippen LogP contribution in [0.4, 0.5) is 0 Å². The molecule has 0 unspecified atom stereocenters. The van der Waals surface area contributed by atoms with Gasteiger partial charge in [-0.2, -0.15) is 0 Å². The second kappa shape index (κ2) is 6.23. The highest BCUT2D eigenvalue weighted by atomic mass is 15.0. The fourth-order valence-electron chi connectivity index (χ4n) is 2.25. The van der Waals surface area contributed by atoms with E-state index < -0.39 is 0 Å². The van der Waals surface area contributed by atoms with Crippen molar-refractivity contribution in [2.45, 2.75) is 39.7 Å². The minimum Gasteiger partial charge on any atom is -0.344 e. The highest BCUT2D eigenvalue weighted by molar-refractivity contribution is 5.31. The molecule has 20 heavy (non-hydrogen) atoms. The van der Waals surface area contributed by atoms with E-state index in [9.17, 15) is 0 Å². The minimum atomic E-state index is -0.0996. The average Bonchev–Trinajstić information content (AvgIpc) is 2.89. The van der Waals surface area contributed by atoms with Crippen LogP contribution < -0.4 is 5.32 Å². The first-order valence-electron chi connectivity index (χ1n) is 7.30. The van der Waals surface area contributed by atoms with Crippen LogP contribution in [0.3, 0.4) is 0 Å². The predicted octanol–water partition coefficient (Wildman–Crippen LogP) is 3.48. The van der Waals surface area contributed by atoms with Gasteiger partial charge in [-0.05, 0) is 31.9 Å². The van der Waals surface area contributed by atoms with Gasteiger partial charge in [0.2, 0.25) is 0 Å². The molecule has 0 aliphatic rings. The number of hydrogen-bond donors (Lipinski definition) is 2. The Labute approximate surface area is 121 Å². The van der Waals surface area contributed by atoms with Gasteiger partial charge >= 0.3 is 0 Å². The van der Waals surface area contributed by atoms with Crippen molar-refractivity contribution in [3.8, 4) is 0 Å². The van der Waals surface area contributed by atoms with Crippen molar-refractivity contribution in [3.05, 3.63) is 53.6 Å². The fourth-order valence-corrected chi connectivity index (χ4v) is 2.25. The van der Waals surface area contributed by atoms with Crippen LogP contribution in [-0.2, 0) is 12.0 Å². The number of H-pyrrole nitrogens is 1. The summed E-state index contributed by atoms with van der Waals surface area (Å²) in [6.45, 7) is 10.7. The first-order valence-corrected chi connectivity index (χ1v) is 7.30. The van der Waals surface area contributed by atoms with E-state index in [1.165, 1.54) is 5.56 Å². The summed E-state index contributed by atoms with van der Waals surface area (Å²) in [5.41, 5.74) is 2.32. The zero-order chi connectivity index (χ0) is 14.6. The molecular weight excluding hydrogens is 246 g/mol. The summed E-state index contributed by atoms with van der Waals surface area (Å²) in [7, 11) is 0. The van der Waals surface area contributed by atoms with E-state index in [1.54, 1.807) is 0 Å². The van der Waals surface area contributed by atoms with Gasteiger partial charge in [0, 0.05) is 23.9 Å². The van der Waals surface area contributed by atoms with Crippen molar-refractivity contribution in [1.82, 2.24) is 15.3 Å².